The number of hydrogen-bond acceptors (Lipinski definition) is 4. The van der Waals surface area contributed by atoms with Crippen LogP contribution in [0.1, 0.15) is 22.3 Å². The van der Waals surface area contributed by atoms with Gasteiger partial charge >= 0.3 is 0 Å². The van der Waals surface area contributed by atoms with Gasteiger partial charge in [0.25, 0.3) is 0 Å². The van der Waals surface area contributed by atoms with E-state index < -0.39 is 0 Å². The molecule has 0 saturated carbocycles. The van der Waals surface area contributed by atoms with Crippen molar-refractivity contribution >= 4 is 11.6 Å². The minimum Gasteiger partial charge on any atom is -0.352 e. The van der Waals surface area contributed by atoms with E-state index in [9.17, 15) is 4.79 Å². The number of anilines is 1. The van der Waals surface area contributed by atoms with Crippen molar-refractivity contribution in [2.24, 2.45) is 0 Å². The maximum absolute atomic E-state index is 12.4. The van der Waals surface area contributed by atoms with Gasteiger partial charge in [-0.05, 0) is 49.9 Å². The van der Waals surface area contributed by atoms with Crippen LogP contribution in [0.25, 0.3) is 0 Å². The van der Waals surface area contributed by atoms with Crippen molar-refractivity contribution in [1.82, 2.24) is 16.2 Å². The van der Waals surface area contributed by atoms with Crippen LogP contribution in [0.5, 0.6) is 0 Å². The summed E-state index contributed by atoms with van der Waals surface area (Å²) in [6.07, 6.45) is 0.308. The van der Waals surface area contributed by atoms with Crippen LogP contribution in [-0.4, -0.2) is 18.2 Å². The predicted molar refractivity (Wildman–Crippen MR) is 96.4 cm³/mol. The minimum atomic E-state index is -0.340. The molecule has 0 aromatic heterocycles. The molecule has 0 spiro atoms. The zero-order valence-electron chi connectivity index (χ0n) is 14.3. The van der Waals surface area contributed by atoms with Gasteiger partial charge in [0.15, 0.2) is 6.29 Å². The molecule has 4 N–H and O–H groups in total. The molecule has 2 atom stereocenters. The van der Waals surface area contributed by atoms with Crippen molar-refractivity contribution in [3.05, 3.63) is 64.7 Å². The highest BCUT2D eigenvalue weighted by atomic mass is 16.2. The van der Waals surface area contributed by atoms with Crippen molar-refractivity contribution in [2.75, 3.05) is 5.32 Å². The van der Waals surface area contributed by atoms with Gasteiger partial charge in [-0.15, -0.1) is 0 Å². The Kier molecular flexibility index (Phi) is 4.83. The summed E-state index contributed by atoms with van der Waals surface area (Å²) in [7, 11) is 0. The van der Waals surface area contributed by atoms with Crippen molar-refractivity contribution in [3.63, 3.8) is 0 Å². The second kappa shape index (κ2) is 7.03. The van der Waals surface area contributed by atoms with Crippen molar-refractivity contribution < 1.29 is 4.79 Å². The lowest BCUT2D eigenvalue weighted by atomic mass is 10.0. The fourth-order valence-corrected chi connectivity index (χ4v) is 2.75. The molecule has 1 aliphatic rings. The van der Waals surface area contributed by atoms with Crippen molar-refractivity contribution in [1.29, 1.82) is 0 Å². The molecular weight excluding hydrogens is 300 g/mol. The van der Waals surface area contributed by atoms with E-state index in [1.807, 2.05) is 13.8 Å². The topological polar surface area (TPSA) is 65.2 Å². The predicted octanol–water partition coefficient (Wildman–Crippen LogP) is 2.14. The normalized spacial score (nSPS) is 20.5. The Bertz CT molecular complexity index is 727. The first kappa shape index (κ1) is 16.5. The van der Waals surface area contributed by atoms with Crippen LogP contribution in [0.4, 0.5) is 5.69 Å². The van der Waals surface area contributed by atoms with Gasteiger partial charge in [0.1, 0.15) is 6.04 Å². The molecule has 1 aliphatic heterocycles. The van der Waals surface area contributed by atoms with E-state index in [2.05, 4.69) is 70.9 Å². The molecule has 1 fully saturated rings. The lowest BCUT2D eigenvalue weighted by Gasteiger charge is -2.32. The number of hydrazine groups is 1. The monoisotopic (exact) mass is 324 g/mol. The molecule has 0 bridgehead atoms. The first-order chi connectivity index (χ1) is 11.5. The van der Waals surface area contributed by atoms with E-state index in [1.165, 1.54) is 11.1 Å². The van der Waals surface area contributed by atoms with Gasteiger partial charge in [0.2, 0.25) is 5.91 Å². The van der Waals surface area contributed by atoms with E-state index in [0.717, 1.165) is 16.8 Å². The Hall–Kier alpha value is -2.37. The Morgan fingerprint density at radius 2 is 1.67 bits per heavy atom. The number of benzene rings is 2. The number of hydrogen-bond donors (Lipinski definition) is 4. The molecule has 24 heavy (non-hydrogen) atoms. The summed E-state index contributed by atoms with van der Waals surface area (Å²) >= 11 is 0. The van der Waals surface area contributed by atoms with Crippen LogP contribution in [0.2, 0.25) is 0 Å². The van der Waals surface area contributed by atoms with E-state index in [1.54, 1.807) is 0 Å². The van der Waals surface area contributed by atoms with Crippen LogP contribution >= 0.6 is 0 Å². The van der Waals surface area contributed by atoms with E-state index >= 15 is 0 Å². The molecule has 0 radical (unpaired) electrons. The molecule has 5 nitrogen and oxygen atoms in total. The van der Waals surface area contributed by atoms with Crippen LogP contribution in [0, 0.1) is 20.8 Å². The van der Waals surface area contributed by atoms with E-state index in [-0.39, 0.29) is 18.2 Å². The van der Waals surface area contributed by atoms with Gasteiger partial charge in [-0.2, -0.15) is 0 Å². The fraction of sp³-hybridized carbons (Fsp3) is 0.316. The number of nitrogens with one attached hydrogen (secondary N) is 4. The Labute approximate surface area is 142 Å². The Balaban J connectivity index is 1.59. The van der Waals surface area contributed by atoms with Gasteiger partial charge in [0.05, 0.1) is 0 Å². The summed E-state index contributed by atoms with van der Waals surface area (Å²) in [6.45, 7) is 6.15. The highest BCUT2D eigenvalue weighted by Crippen LogP contribution is 2.17. The van der Waals surface area contributed by atoms with Gasteiger partial charge in [-0.1, -0.05) is 42.0 Å². The maximum atomic E-state index is 12.4. The van der Waals surface area contributed by atoms with Gasteiger partial charge in [0, 0.05) is 5.69 Å². The SMILES string of the molecule is Cc1ccc(CC2NNC(Nc3cc(C)ccc3C)NC2=O)cc1. The standard InChI is InChI=1S/C19H24N4O/c1-12-5-8-15(9-6-12)11-17-18(24)21-19(23-22-17)20-16-10-13(2)4-7-14(16)3/h4-10,17,19-20,22-23H,11H2,1-3H3,(H,21,24). The fourth-order valence-electron chi connectivity index (χ4n) is 2.75. The molecule has 3 rings (SSSR count). The van der Waals surface area contributed by atoms with Crippen LogP contribution in [0.15, 0.2) is 42.5 Å². The van der Waals surface area contributed by atoms with Crippen LogP contribution in [-0.2, 0) is 11.2 Å². The maximum Gasteiger partial charge on any atom is 0.241 e. The lowest BCUT2D eigenvalue weighted by Crippen LogP contribution is -2.68. The zero-order valence-corrected chi connectivity index (χ0v) is 14.3. The molecule has 0 aliphatic carbocycles. The van der Waals surface area contributed by atoms with Gasteiger partial charge in [-0.3, -0.25) is 4.79 Å². The first-order valence-electron chi connectivity index (χ1n) is 8.22. The average molecular weight is 324 g/mol. The van der Waals surface area contributed by atoms with Gasteiger partial charge < -0.3 is 10.6 Å². The second-order valence-corrected chi connectivity index (χ2v) is 6.44. The number of aryl methyl sites for hydroxylation is 3. The molecule has 2 aromatic carbocycles. The highest BCUT2D eigenvalue weighted by Gasteiger charge is 2.27. The highest BCUT2D eigenvalue weighted by molar-refractivity contribution is 5.83. The van der Waals surface area contributed by atoms with Crippen LogP contribution in [0.3, 0.4) is 0 Å². The summed E-state index contributed by atoms with van der Waals surface area (Å²) in [6, 6.07) is 14.2. The lowest BCUT2D eigenvalue weighted by molar-refractivity contribution is -0.126. The molecule has 2 unspecified atom stereocenters. The summed E-state index contributed by atoms with van der Waals surface area (Å²) in [5.41, 5.74) is 11.9. The Morgan fingerprint density at radius 3 is 2.38 bits per heavy atom. The van der Waals surface area contributed by atoms with Crippen molar-refractivity contribution in [3.8, 4) is 0 Å². The van der Waals surface area contributed by atoms with Crippen LogP contribution < -0.4 is 21.5 Å². The molecule has 1 amide bonds. The number of amides is 1. The second-order valence-electron chi connectivity index (χ2n) is 6.44. The third kappa shape index (κ3) is 3.93. The third-order valence-corrected chi connectivity index (χ3v) is 4.26. The first-order valence-corrected chi connectivity index (χ1v) is 8.22. The molecule has 5 heteroatoms. The van der Waals surface area contributed by atoms with E-state index in [0.29, 0.717) is 6.42 Å². The zero-order chi connectivity index (χ0) is 17.1. The summed E-state index contributed by atoms with van der Waals surface area (Å²) < 4.78 is 0. The summed E-state index contributed by atoms with van der Waals surface area (Å²) in [4.78, 5) is 12.4. The molecule has 1 heterocycles. The van der Waals surface area contributed by atoms with Crippen molar-refractivity contribution in [2.45, 2.75) is 39.5 Å². The number of carbonyl (C=O) groups is 1. The molecular formula is C19H24N4O. The Morgan fingerprint density at radius 1 is 0.958 bits per heavy atom. The average Bonchev–Trinajstić information content (AvgIpc) is 2.55. The summed E-state index contributed by atoms with van der Waals surface area (Å²) in [5.74, 6) is -0.0165. The minimum absolute atomic E-state index is 0.0165. The third-order valence-electron chi connectivity index (χ3n) is 4.26. The van der Waals surface area contributed by atoms with Gasteiger partial charge in [-0.25, -0.2) is 10.9 Å². The largest absolute Gasteiger partial charge is 0.352 e. The molecule has 126 valence electrons. The molecule has 2 aromatic rings. The smallest absolute Gasteiger partial charge is 0.241 e. The quantitative estimate of drug-likeness (QED) is 0.696. The number of rotatable bonds is 4. The summed E-state index contributed by atoms with van der Waals surface area (Å²) in [5, 5.41) is 6.28. The number of carbonyl (C=O) groups excluding carboxylic acids is 1. The molecule has 1 saturated heterocycles. The van der Waals surface area contributed by atoms with E-state index in [4.69, 9.17) is 0 Å².